The molecule has 0 atom stereocenters. The summed E-state index contributed by atoms with van der Waals surface area (Å²) in [4.78, 5) is 7.29. The SMILES string of the molecule is C/C(=C(\C#N)C(N)=S)N1CCN(Cc2ccccc2)CC1.c1ccc(CN2CCNCC2)cc1. The fraction of sp³-hybridized carbons (Fsp3) is 0.407. The van der Waals surface area contributed by atoms with Crippen molar-refractivity contribution in [3.05, 3.63) is 83.1 Å². The molecule has 0 aromatic heterocycles. The molecule has 0 amide bonds. The van der Waals surface area contributed by atoms with Crippen LogP contribution >= 0.6 is 12.2 Å². The molecular weight excluding hydrogens is 440 g/mol. The smallest absolute Gasteiger partial charge is 0.116 e. The third-order valence-corrected chi connectivity index (χ3v) is 6.48. The maximum absolute atomic E-state index is 9.13. The summed E-state index contributed by atoms with van der Waals surface area (Å²) >= 11 is 4.93. The van der Waals surface area contributed by atoms with E-state index in [1.54, 1.807) is 0 Å². The molecule has 2 fully saturated rings. The van der Waals surface area contributed by atoms with Crippen LogP contribution in [0, 0.1) is 11.3 Å². The molecule has 0 unspecified atom stereocenters. The van der Waals surface area contributed by atoms with Gasteiger partial charge in [0.25, 0.3) is 0 Å². The molecule has 0 bridgehead atoms. The number of hydrogen-bond donors (Lipinski definition) is 2. The van der Waals surface area contributed by atoms with Gasteiger partial charge in [0.2, 0.25) is 0 Å². The van der Waals surface area contributed by atoms with Crippen molar-refractivity contribution in [2.45, 2.75) is 20.0 Å². The molecule has 2 aliphatic heterocycles. The van der Waals surface area contributed by atoms with Gasteiger partial charge in [0.1, 0.15) is 16.6 Å². The van der Waals surface area contributed by atoms with Gasteiger partial charge in [-0.1, -0.05) is 72.9 Å². The zero-order valence-electron chi connectivity index (χ0n) is 20.1. The van der Waals surface area contributed by atoms with E-state index >= 15 is 0 Å². The molecule has 0 spiro atoms. The first-order chi connectivity index (χ1) is 16.6. The number of nitrogens with zero attached hydrogens (tertiary/aromatic N) is 4. The average molecular weight is 477 g/mol. The number of nitriles is 1. The molecule has 6 nitrogen and oxygen atoms in total. The van der Waals surface area contributed by atoms with Gasteiger partial charge in [0.15, 0.2) is 0 Å². The zero-order chi connectivity index (χ0) is 24.2. The highest BCUT2D eigenvalue weighted by Crippen LogP contribution is 2.15. The number of thiocarbonyl (C=S) groups is 1. The highest BCUT2D eigenvalue weighted by Gasteiger charge is 2.19. The minimum atomic E-state index is 0.182. The average Bonchev–Trinajstić information content (AvgIpc) is 2.87. The van der Waals surface area contributed by atoms with Crippen LogP contribution in [0.2, 0.25) is 0 Å². The Morgan fingerprint density at radius 2 is 1.32 bits per heavy atom. The van der Waals surface area contributed by atoms with Crippen molar-refractivity contribution in [1.29, 1.82) is 5.26 Å². The summed E-state index contributed by atoms with van der Waals surface area (Å²) in [5.41, 5.74) is 9.68. The molecule has 2 aliphatic rings. The van der Waals surface area contributed by atoms with E-state index in [0.717, 1.165) is 58.1 Å². The van der Waals surface area contributed by atoms with Gasteiger partial charge in [-0.3, -0.25) is 9.80 Å². The molecule has 0 saturated carbocycles. The molecular formula is C27H36N6S. The molecule has 2 heterocycles. The summed E-state index contributed by atoms with van der Waals surface area (Å²) in [5, 5.41) is 12.5. The second kappa shape index (κ2) is 13.8. The van der Waals surface area contributed by atoms with Gasteiger partial charge < -0.3 is 16.0 Å². The van der Waals surface area contributed by atoms with Crippen LogP contribution in [0.25, 0.3) is 0 Å². The minimum absolute atomic E-state index is 0.182. The molecule has 2 aromatic carbocycles. The lowest BCUT2D eigenvalue weighted by molar-refractivity contribution is 0.152. The number of allylic oxidation sites excluding steroid dienone is 1. The highest BCUT2D eigenvalue weighted by atomic mass is 32.1. The van der Waals surface area contributed by atoms with Gasteiger partial charge in [0.05, 0.1) is 0 Å². The van der Waals surface area contributed by atoms with Crippen molar-refractivity contribution in [3.63, 3.8) is 0 Å². The number of benzene rings is 2. The fourth-order valence-corrected chi connectivity index (χ4v) is 4.46. The van der Waals surface area contributed by atoms with Crippen LogP contribution in [0.5, 0.6) is 0 Å². The lowest BCUT2D eigenvalue weighted by atomic mass is 10.1. The van der Waals surface area contributed by atoms with E-state index in [4.69, 9.17) is 23.2 Å². The molecule has 0 radical (unpaired) electrons. The predicted octanol–water partition coefficient (Wildman–Crippen LogP) is 2.98. The Balaban J connectivity index is 0.000000212. The molecule has 2 aromatic rings. The van der Waals surface area contributed by atoms with E-state index in [1.807, 2.05) is 13.0 Å². The quantitative estimate of drug-likeness (QED) is 0.377. The Labute approximate surface area is 209 Å². The third kappa shape index (κ3) is 8.23. The summed E-state index contributed by atoms with van der Waals surface area (Å²) in [6, 6.07) is 23.3. The molecule has 180 valence electrons. The molecule has 0 aliphatic carbocycles. The van der Waals surface area contributed by atoms with Crippen molar-refractivity contribution in [1.82, 2.24) is 20.0 Å². The summed E-state index contributed by atoms with van der Waals surface area (Å²) < 4.78 is 0. The van der Waals surface area contributed by atoms with Crippen LogP contribution in [-0.2, 0) is 13.1 Å². The van der Waals surface area contributed by atoms with Crippen LogP contribution in [0.4, 0.5) is 0 Å². The van der Waals surface area contributed by atoms with Crippen LogP contribution in [0.3, 0.4) is 0 Å². The van der Waals surface area contributed by atoms with Gasteiger partial charge >= 0.3 is 0 Å². The minimum Gasteiger partial charge on any atom is -0.389 e. The van der Waals surface area contributed by atoms with E-state index in [2.05, 4.69) is 80.7 Å². The van der Waals surface area contributed by atoms with Gasteiger partial charge in [0, 0.05) is 71.1 Å². The summed E-state index contributed by atoms with van der Waals surface area (Å²) in [6.45, 7) is 12.3. The molecule has 34 heavy (non-hydrogen) atoms. The van der Waals surface area contributed by atoms with Crippen molar-refractivity contribution in [3.8, 4) is 6.07 Å². The van der Waals surface area contributed by atoms with Crippen LogP contribution in [0.1, 0.15) is 18.1 Å². The van der Waals surface area contributed by atoms with Gasteiger partial charge in [-0.25, -0.2) is 0 Å². The maximum atomic E-state index is 9.13. The Bertz CT molecular complexity index is 956. The van der Waals surface area contributed by atoms with E-state index in [9.17, 15) is 0 Å². The maximum Gasteiger partial charge on any atom is 0.116 e. The normalized spacial score (nSPS) is 17.7. The number of rotatable bonds is 6. The van der Waals surface area contributed by atoms with Gasteiger partial charge in [-0.2, -0.15) is 5.26 Å². The van der Waals surface area contributed by atoms with E-state index in [-0.39, 0.29) is 4.99 Å². The summed E-state index contributed by atoms with van der Waals surface area (Å²) in [7, 11) is 0. The largest absolute Gasteiger partial charge is 0.389 e. The Kier molecular flexibility index (Phi) is 10.5. The lowest BCUT2D eigenvalue weighted by Gasteiger charge is -2.36. The molecule has 3 N–H and O–H groups in total. The number of hydrogen-bond acceptors (Lipinski definition) is 6. The third-order valence-electron chi connectivity index (χ3n) is 6.27. The molecule has 2 saturated heterocycles. The van der Waals surface area contributed by atoms with Crippen molar-refractivity contribution >= 4 is 17.2 Å². The number of nitrogens with one attached hydrogen (secondary N) is 1. The van der Waals surface area contributed by atoms with Crippen LogP contribution in [0.15, 0.2) is 71.9 Å². The monoisotopic (exact) mass is 476 g/mol. The van der Waals surface area contributed by atoms with Crippen molar-refractivity contribution < 1.29 is 0 Å². The lowest BCUT2D eigenvalue weighted by Crippen LogP contribution is -2.45. The van der Waals surface area contributed by atoms with Crippen LogP contribution in [-0.4, -0.2) is 72.0 Å². The molecule has 7 heteroatoms. The Hall–Kier alpha value is -2.76. The van der Waals surface area contributed by atoms with Crippen molar-refractivity contribution in [2.24, 2.45) is 5.73 Å². The Morgan fingerprint density at radius 1 is 0.853 bits per heavy atom. The van der Waals surface area contributed by atoms with Crippen molar-refractivity contribution in [2.75, 3.05) is 52.4 Å². The van der Waals surface area contributed by atoms with Gasteiger partial charge in [-0.05, 0) is 18.1 Å². The first-order valence-corrected chi connectivity index (χ1v) is 12.4. The van der Waals surface area contributed by atoms with E-state index in [0.29, 0.717) is 5.57 Å². The summed E-state index contributed by atoms with van der Waals surface area (Å²) in [5.74, 6) is 0. The number of piperazine rings is 2. The van der Waals surface area contributed by atoms with Gasteiger partial charge in [-0.15, -0.1) is 0 Å². The summed E-state index contributed by atoms with van der Waals surface area (Å²) in [6.07, 6.45) is 0. The van der Waals surface area contributed by atoms with E-state index < -0.39 is 0 Å². The molecule has 4 rings (SSSR count). The van der Waals surface area contributed by atoms with E-state index in [1.165, 1.54) is 24.2 Å². The highest BCUT2D eigenvalue weighted by molar-refractivity contribution is 7.80. The topological polar surface area (TPSA) is 71.6 Å². The first kappa shape index (κ1) is 25.9. The predicted molar refractivity (Wildman–Crippen MR) is 143 cm³/mol. The standard InChI is InChI=1S/C16H20N4S.C11H16N2/c1-13(15(11-17)16(18)21)20-9-7-19(8-10-20)12-14-5-3-2-4-6-14;1-2-4-11(5-3-1)10-13-8-6-12-7-9-13/h2-6H,7-10,12H2,1H3,(H2,18,21);1-5,12H,6-10H2/b15-13-;. The fourth-order valence-electron chi connectivity index (χ4n) is 4.27. The second-order valence-corrected chi connectivity index (χ2v) is 9.14. The first-order valence-electron chi connectivity index (χ1n) is 12.0. The second-order valence-electron chi connectivity index (χ2n) is 8.70. The van der Waals surface area contributed by atoms with Crippen LogP contribution < -0.4 is 11.1 Å². The Morgan fingerprint density at radius 3 is 1.76 bits per heavy atom. The zero-order valence-corrected chi connectivity index (χ0v) is 20.9. The number of nitrogens with two attached hydrogens (primary N) is 1.